The number of fused-ring (bicyclic) bond motifs is 3. The molecule has 1 nitrogen and oxygen atoms in total. The van der Waals surface area contributed by atoms with Crippen molar-refractivity contribution in [2.75, 3.05) is 19.6 Å². The summed E-state index contributed by atoms with van der Waals surface area (Å²) in [5.41, 5.74) is 6.44. The highest BCUT2D eigenvalue weighted by Crippen LogP contribution is 2.47. The monoisotopic (exact) mass is 306 g/mol. The molecule has 3 aliphatic heterocycles. The maximum atomic E-state index is 2.45. The van der Waals surface area contributed by atoms with Gasteiger partial charge in [-0.05, 0) is 19.4 Å². The van der Waals surface area contributed by atoms with Gasteiger partial charge >= 0.3 is 0 Å². The predicted molar refractivity (Wildman–Crippen MR) is 96.5 cm³/mol. The fourth-order valence-electron chi connectivity index (χ4n) is 4.99. The molecular weight excluding hydrogens is 278 g/mol. The largest absolute Gasteiger partial charge is 0.320 e. The lowest BCUT2D eigenvalue weighted by Crippen LogP contribution is -2.62. The molecule has 23 heavy (non-hydrogen) atoms. The van der Waals surface area contributed by atoms with Crippen molar-refractivity contribution in [1.82, 2.24) is 0 Å². The molecule has 0 N–H and O–H groups in total. The molecule has 3 heterocycles. The Bertz CT molecular complexity index is 656. The van der Waals surface area contributed by atoms with Crippen LogP contribution in [0.1, 0.15) is 41.5 Å². The van der Waals surface area contributed by atoms with E-state index in [0.717, 1.165) is 0 Å². The lowest BCUT2D eigenvalue weighted by atomic mass is 9.66. The Balaban J connectivity index is 1.56. The van der Waals surface area contributed by atoms with Crippen LogP contribution in [0.5, 0.6) is 0 Å². The van der Waals surface area contributed by atoms with Crippen LogP contribution in [0.2, 0.25) is 0 Å². The Kier molecular flexibility index (Phi) is 3.57. The summed E-state index contributed by atoms with van der Waals surface area (Å²) < 4.78 is 1.32. The molecule has 2 aromatic carbocycles. The first kappa shape index (κ1) is 15.0. The Labute approximate surface area is 140 Å². The molecule has 0 aromatic heterocycles. The Hall–Kier alpha value is -1.60. The summed E-state index contributed by atoms with van der Waals surface area (Å²) in [7, 11) is 0. The number of quaternary nitrogens is 1. The summed E-state index contributed by atoms with van der Waals surface area (Å²) in [4.78, 5) is 0. The summed E-state index contributed by atoms with van der Waals surface area (Å²) in [6, 6.07) is 18.3. The maximum Gasteiger partial charge on any atom is 0.104 e. The summed E-state index contributed by atoms with van der Waals surface area (Å²) >= 11 is 0. The molecule has 120 valence electrons. The van der Waals surface area contributed by atoms with Gasteiger partial charge in [0.05, 0.1) is 19.6 Å². The van der Waals surface area contributed by atoms with E-state index in [1.165, 1.54) is 66.6 Å². The van der Waals surface area contributed by atoms with Gasteiger partial charge in [0, 0.05) is 30.2 Å². The van der Waals surface area contributed by atoms with E-state index >= 15 is 0 Å². The van der Waals surface area contributed by atoms with Crippen LogP contribution >= 0.6 is 0 Å². The van der Waals surface area contributed by atoms with Crippen molar-refractivity contribution in [3.05, 3.63) is 70.8 Å². The van der Waals surface area contributed by atoms with E-state index in [1.807, 2.05) is 0 Å². The zero-order valence-corrected chi connectivity index (χ0v) is 14.5. The van der Waals surface area contributed by atoms with E-state index in [1.54, 1.807) is 5.56 Å². The number of nitrogens with zero attached hydrogens (tertiary/aromatic N) is 1. The van der Waals surface area contributed by atoms with E-state index in [9.17, 15) is 0 Å². The van der Waals surface area contributed by atoms with Gasteiger partial charge in [0.2, 0.25) is 0 Å². The van der Waals surface area contributed by atoms with Crippen LogP contribution in [0.25, 0.3) is 0 Å². The molecule has 0 atom stereocenters. The minimum Gasteiger partial charge on any atom is -0.320 e. The van der Waals surface area contributed by atoms with E-state index < -0.39 is 0 Å². The predicted octanol–water partition coefficient (Wildman–Crippen LogP) is 4.76. The summed E-state index contributed by atoms with van der Waals surface area (Å²) in [5.74, 6) is 0. The van der Waals surface area contributed by atoms with Gasteiger partial charge in [-0.2, -0.15) is 0 Å². The number of aryl methyl sites for hydroxylation is 2. The van der Waals surface area contributed by atoms with Gasteiger partial charge in [-0.3, -0.25) is 0 Å². The molecular formula is C22H28N+. The molecule has 5 rings (SSSR count). The first-order valence-electron chi connectivity index (χ1n) is 9.07. The van der Waals surface area contributed by atoms with Crippen LogP contribution in [0.3, 0.4) is 0 Å². The van der Waals surface area contributed by atoms with Crippen LogP contribution in [-0.4, -0.2) is 24.1 Å². The number of hydrogen-bond acceptors (Lipinski definition) is 0. The first-order valence-corrected chi connectivity index (χ1v) is 9.07. The second kappa shape index (κ2) is 5.49. The minimum atomic E-state index is 0.466. The summed E-state index contributed by atoms with van der Waals surface area (Å²) in [6.45, 7) is 9.76. The number of piperidine rings is 3. The fourth-order valence-corrected chi connectivity index (χ4v) is 4.99. The normalized spacial score (nSPS) is 29.7. The van der Waals surface area contributed by atoms with Gasteiger partial charge in [-0.25, -0.2) is 0 Å². The fraction of sp³-hybridized carbons (Fsp3) is 0.455. The van der Waals surface area contributed by atoms with E-state index in [4.69, 9.17) is 0 Å². The molecule has 0 spiro atoms. The third-order valence-corrected chi connectivity index (χ3v) is 6.39. The first-order chi connectivity index (χ1) is 11.1. The highest BCUT2D eigenvalue weighted by molar-refractivity contribution is 5.35. The molecule has 0 unspecified atom stereocenters. The van der Waals surface area contributed by atoms with Crippen molar-refractivity contribution in [3.63, 3.8) is 0 Å². The molecule has 1 heteroatoms. The summed E-state index contributed by atoms with van der Waals surface area (Å²) in [5, 5.41) is 0. The maximum absolute atomic E-state index is 2.45. The van der Waals surface area contributed by atoms with E-state index in [0.29, 0.717) is 5.41 Å². The highest BCUT2D eigenvalue weighted by atomic mass is 15.4. The molecule has 0 amide bonds. The third kappa shape index (κ3) is 2.72. The van der Waals surface area contributed by atoms with Gasteiger partial charge in [0.1, 0.15) is 6.54 Å². The topological polar surface area (TPSA) is 0 Å². The van der Waals surface area contributed by atoms with Gasteiger partial charge in [-0.1, -0.05) is 59.7 Å². The van der Waals surface area contributed by atoms with Crippen molar-refractivity contribution in [3.8, 4) is 0 Å². The number of benzene rings is 2. The van der Waals surface area contributed by atoms with Crippen LogP contribution in [0.4, 0.5) is 0 Å². The number of hydrogen-bond donors (Lipinski definition) is 0. The van der Waals surface area contributed by atoms with E-state index in [-0.39, 0.29) is 0 Å². The van der Waals surface area contributed by atoms with E-state index in [2.05, 4.69) is 62.4 Å². The van der Waals surface area contributed by atoms with Crippen molar-refractivity contribution >= 4 is 0 Å². The van der Waals surface area contributed by atoms with Gasteiger partial charge in [-0.15, -0.1) is 0 Å². The number of rotatable bonds is 3. The van der Waals surface area contributed by atoms with Crippen LogP contribution in [-0.2, 0) is 12.0 Å². The van der Waals surface area contributed by atoms with Crippen molar-refractivity contribution in [2.45, 2.75) is 45.1 Å². The third-order valence-electron chi connectivity index (χ3n) is 6.39. The van der Waals surface area contributed by atoms with Crippen LogP contribution < -0.4 is 0 Å². The molecule has 3 saturated heterocycles. The molecule has 2 bridgehead atoms. The van der Waals surface area contributed by atoms with Gasteiger partial charge in [0.25, 0.3) is 0 Å². The second-order valence-electron chi connectivity index (χ2n) is 8.06. The quantitative estimate of drug-likeness (QED) is 0.718. The molecule has 0 saturated carbocycles. The van der Waals surface area contributed by atoms with Crippen molar-refractivity contribution in [2.24, 2.45) is 0 Å². The second-order valence-corrected chi connectivity index (χ2v) is 8.06. The molecule has 2 aromatic rings. The summed E-state index contributed by atoms with van der Waals surface area (Å²) in [6.07, 6.45) is 4.09. The van der Waals surface area contributed by atoms with Gasteiger partial charge < -0.3 is 4.48 Å². The smallest absolute Gasteiger partial charge is 0.104 e. The van der Waals surface area contributed by atoms with Crippen molar-refractivity contribution < 1.29 is 4.48 Å². The highest BCUT2D eigenvalue weighted by Gasteiger charge is 2.49. The van der Waals surface area contributed by atoms with Crippen LogP contribution in [0, 0.1) is 13.8 Å². The average Bonchev–Trinajstić information content (AvgIpc) is 2.56. The zero-order chi connectivity index (χ0) is 15.9. The van der Waals surface area contributed by atoms with Crippen LogP contribution in [0.15, 0.2) is 48.5 Å². The Morgan fingerprint density at radius 3 is 1.96 bits per heavy atom. The Morgan fingerprint density at radius 1 is 0.826 bits per heavy atom. The zero-order valence-electron chi connectivity index (χ0n) is 14.5. The molecule has 3 fully saturated rings. The molecule has 0 radical (unpaired) electrons. The van der Waals surface area contributed by atoms with Gasteiger partial charge in [0.15, 0.2) is 0 Å². The standard InChI is InChI=1S/C22H28N/c1-18-14-19(2)16-21(15-18)22-8-11-23(12-9-22,13-10-22)17-20-6-4-3-5-7-20/h3-7,14-16H,8-13,17H2,1-2H3/q+1. The molecule has 3 aliphatic rings. The average molecular weight is 306 g/mol. The SMILES string of the molecule is Cc1cc(C)cc(C23CC[N+](Cc4ccccc4)(CC2)CC3)c1. The van der Waals surface area contributed by atoms with Crippen molar-refractivity contribution in [1.29, 1.82) is 0 Å². The minimum absolute atomic E-state index is 0.466. The Morgan fingerprint density at radius 2 is 1.39 bits per heavy atom. The lowest BCUT2D eigenvalue weighted by molar-refractivity contribution is -0.955. The molecule has 0 aliphatic carbocycles. The lowest BCUT2D eigenvalue weighted by Gasteiger charge is -2.55.